The Morgan fingerprint density at radius 3 is 2.81 bits per heavy atom. The number of carbonyl (C=O) groups is 1. The number of azo groups is 1. The van der Waals surface area contributed by atoms with Crippen molar-refractivity contribution in [1.29, 1.82) is 0 Å². The molecular weight excluding hydrogens is 242 g/mol. The van der Waals surface area contributed by atoms with Gasteiger partial charge in [-0.15, -0.1) is 0 Å². The predicted octanol–water partition coefficient (Wildman–Crippen LogP) is 2.55. The van der Waals surface area contributed by atoms with E-state index in [9.17, 15) is 4.79 Å². The molecule has 2 rings (SSSR count). The van der Waals surface area contributed by atoms with Crippen molar-refractivity contribution in [1.82, 2.24) is 5.32 Å². The van der Waals surface area contributed by atoms with Gasteiger partial charge < -0.3 is 5.32 Å². The summed E-state index contributed by atoms with van der Waals surface area (Å²) in [6.07, 6.45) is 0. The van der Waals surface area contributed by atoms with Gasteiger partial charge in [0.15, 0.2) is 0 Å². The van der Waals surface area contributed by atoms with Gasteiger partial charge in [-0.2, -0.15) is 10.2 Å². The monoisotopic (exact) mass is 251 g/mol. The highest BCUT2D eigenvalue weighted by molar-refractivity contribution is 8.24. The summed E-state index contributed by atoms with van der Waals surface area (Å²) in [5.41, 5.74) is 1.80. The first-order valence-electron chi connectivity index (χ1n) is 4.65. The second-order valence-corrected chi connectivity index (χ2v) is 5.01. The molecule has 1 saturated heterocycles. The molecule has 82 valence electrons. The molecule has 0 radical (unpaired) electrons. The van der Waals surface area contributed by atoms with E-state index in [4.69, 9.17) is 12.2 Å². The predicted molar refractivity (Wildman–Crippen MR) is 67.8 cm³/mol. The maximum absolute atomic E-state index is 11.3. The van der Waals surface area contributed by atoms with E-state index in [1.54, 1.807) is 0 Å². The molecule has 4 nitrogen and oxygen atoms in total. The fraction of sp³-hybridized carbons (Fsp3) is 0.200. The third-order valence-corrected chi connectivity index (χ3v) is 3.29. The van der Waals surface area contributed by atoms with Crippen molar-refractivity contribution in [2.45, 2.75) is 12.3 Å². The van der Waals surface area contributed by atoms with Crippen molar-refractivity contribution in [3.8, 4) is 0 Å². The van der Waals surface area contributed by atoms with E-state index in [-0.39, 0.29) is 5.91 Å². The Hall–Kier alpha value is -1.27. The number of hydrogen-bond acceptors (Lipinski definition) is 5. The summed E-state index contributed by atoms with van der Waals surface area (Å²) < 4.78 is 0.457. The van der Waals surface area contributed by atoms with Crippen molar-refractivity contribution in [2.75, 3.05) is 0 Å². The lowest BCUT2D eigenvalue weighted by atomic mass is 10.2. The Morgan fingerprint density at radius 2 is 2.19 bits per heavy atom. The molecule has 16 heavy (non-hydrogen) atoms. The number of thiocarbonyl (C=S) groups is 1. The molecule has 6 heteroatoms. The Kier molecular flexibility index (Phi) is 3.31. The molecule has 1 aliphatic heterocycles. The average molecular weight is 251 g/mol. The third kappa shape index (κ3) is 2.45. The first-order valence-corrected chi connectivity index (χ1v) is 5.93. The van der Waals surface area contributed by atoms with Gasteiger partial charge in [0, 0.05) is 0 Å². The molecule has 1 fully saturated rings. The van der Waals surface area contributed by atoms with E-state index >= 15 is 0 Å². The molecule has 1 heterocycles. The second kappa shape index (κ2) is 4.71. The minimum Gasteiger partial charge on any atom is -0.309 e. The number of nitrogens with one attached hydrogen (secondary N) is 1. The first kappa shape index (κ1) is 11.2. The van der Waals surface area contributed by atoms with Crippen LogP contribution in [0.1, 0.15) is 5.56 Å². The molecule has 0 bridgehead atoms. The van der Waals surface area contributed by atoms with Gasteiger partial charge in [-0.25, -0.2) is 0 Å². The maximum Gasteiger partial charge on any atom is 0.262 e. The van der Waals surface area contributed by atoms with Crippen LogP contribution < -0.4 is 5.32 Å². The summed E-state index contributed by atoms with van der Waals surface area (Å²) in [4.78, 5) is 11.3. The zero-order chi connectivity index (χ0) is 11.5. The van der Waals surface area contributed by atoms with Crippen LogP contribution in [0.4, 0.5) is 5.69 Å². The molecule has 1 atom stereocenters. The molecule has 1 aromatic carbocycles. The zero-order valence-corrected chi connectivity index (χ0v) is 10.1. The van der Waals surface area contributed by atoms with E-state index in [1.165, 1.54) is 11.8 Å². The first-order chi connectivity index (χ1) is 7.66. The van der Waals surface area contributed by atoms with E-state index in [0.717, 1.165) is 11.3 Å². The van der Waals surface area contributed by atoms with Gasteiger partial charge in [0.1, 0.15) is 4.32 Å². The van der Waals surface area contributed by atoms with E-state index in [2.05, 4.69) is 15.5 Å². The number of rotatable bonds is 2. The van der Waals surface area contributed by atoms with Crippen molar-refractivity contribution in [3.05, 3.63) is 29.8 Å². The molecular formula is C10H9N3OS2. The lowest BCUT2D eigenvalue weighted by molar-refractivity contribution is -0.118. The molecule has 1 aromatic rings. The number of amides is 1. The second-order valence-electron chi connectivity index (χ2n) is 3.25. The number of hydrogen-bond donors (Lipinski definition) is 1. The summed E-state index contributed by atoms with van der Waals surface area (Å²) in [6.45, 7) is 1.95. The van der Waals surface area contributed by atoms with E-state index in [1.807, 2.05) is 31.2 Å². The largest absolute Gasteiger partial charge is 0.309 e. The standard InChI is InChI=1S/C10H9N3OS2/c1-6-4-2-3-5-7(6)12-13-9-8(14)11-10(15)16-9/h2-5,9H,1H3,(H,11,14,15). The van der Waals surface area contributed by atoms with Crippen LogP contribution in [-0.2, 0) is 4.79 Å². The van der Waals surface area contributed by atoms with Gasteiger partial charge in [-0.05, 0) is 18.6 Å². The minimum atomic E-state index is -0.549. The van der Waals surface area contributed by atoms with Crippen LogP contribution in [0, 0.1) is 6.92 Å². The van der Waals surface area contributed by atoms with Crippen molar-refractivity contribution in [2.24, 2.45) is 10.2 Å². The Morgan fingerprint density at radius 1 is 1.44 bits per heavy atom. The number of benzene rings is 1. The fourth-order valence-electron chi connectivity index (χ4n) is 1.21. The van der Waals surface area contributed by atoms with Gasteiger partial charge in [-0.1, -0.05) is 42.2 Å². The number of thioether (sulfide) groups is 1. The number of nitrogens with zero attached hydrogens (tertiary/aromatic N) is 2. The van der Waals surface area contributed by atoms with Gasteiger partial charge in [0.25, 0.3) is 5.91 Å². The van der Waals surface area contributed by atoms with Crippen molar-refractivity contribution in [3.63, 3.8) is 0 Å². The summed E-state index contributed by atoms with van der Waals surface area (Å²) in [5.74, 6) is -0.202. The SMILES string of the molecule is Cc1ccccc1N=NC1SC(=S)NC1=O. The minimum absolute atomic E-state index is 0.202. The van der Waals surface area contributed by atoms with E-state index < -0.39 is 5.37 Å². The molecule has 1 N–H and O–H groups in total. The average Bonchev–Trinajstić information content (AvgIpc) is 2.56. The molecule has 0 spiro atoms. The molecule has 1 unspecified atom stereocenters. The molecule has 0 saturated carbocycles. The normalized spacial score (nSPS) is 20.4. The Labute approximate surface area is 103 Å². The summed E-state index contributed by atoms with van der Waals surface area (Å²) in [6, 6.07) is 7.61. The van der Waals surface area contributed by atoms with Gasteiger partial charge >= 0.3 is 0 Å². The highest BCUT2D eigenvalue weighted by atomic mass is 32.2. The number of aryl methyl sites for hydroxylation is 1. The molecule has 1 amide bonds. The van der Waals surface area contributed by atoms with Crippen LogP contribution in [0.3, 0.4) is 0 Å². The molecule has 0 aromatic heterocycles. The highest BCUT2D eigenvalue weighted by Crippen LogP contribution is 2.24. The van der Waals surface area contributed by atoms with Crippen molar-refractivity contribution >= 4 is 39.9 Å². The topological polar surface area (TPSA) is 53.8 Å². The Bertz CT molecular complexity index is 473. The maximum atomic E-state index is 11.3. The van der Waals surface area contributed by atoms with Crippen LogP contribution in [0.5, 0.6) is 0 Å². The lowest BCUT2D eigenvalue weighted by Crippen LogP contribution is -2.22. The van der Waals surface area contributed by atoms with Crippen LogP contribution >= 0.6 is 24.0 Å². The van der Waals surface area contributed by atoms with Crippen LogP contribution in [-0.4, -0.2) is 15.6 Å². The Balaban J connectivity index is 2.13. The quantitative estimate of drug-likeness (QED) is 0.649. The van der Waals surface area contributed by atoms with Crippen molar-refractivity contribution < 1.29 is 4.79 Å². The fourth-order valence-corrected chi connectivity index (χ4v) is 2.21. The summed E-state index contributed by atoms with van der Waals surface area (Å²) in [7, 11) is 0. The van der Waals surface area contributed by atoms with Crippen LogP contribution in [0.15, 0.2) is 34.5 Å². The number of carbonyl (C=O) groups excluding carboxylic acids is 1. The zero-order valence-electron chi connectivity index (χ0n) is 8.51. The smallest absolute Gasteiger partial charge is 0.262 e. The summed E-state index contributed by atoms with van der Waals surface area (Å²) >= 11 is 6.07. The van der Waals surface area contributed by atoms with Gasteiger partial charge in [-0.3, -0.25) is 4.79 Å². The highest BCUT2D eigenvalue weighted by Gasteiger charge is 2.28. The summed E-state index contributed by atoms with van der Waals surface area (Å²) in [5, 5.41) is 10.0. The van der Waals surface area contributed by atoms with Crippen LogP contribution in [0.2, 0.25) is 0 Å². The van der Waals surface area contributed by atoms with E-state index in [0.29, 0.717) is 4.32 Å². The lowest BCUT2D eigenvalue weighted by Gasteiger charge is -1.98. The van der Waals surface area contributed by atoms with Gasteiger partial charge in [0.05, 0.1) is 5.69 Å². The molecule has 1 aliphatic rings. The van der Waals surface area contributed by atoms with Crippen LogP contribution in [0.25, 0.3) is 0 Å². The van der Waals surface area contributed by atoms with Gasteiger partial charge in [0.2, 0.25) is 5.37 Å². The molecule has 0 aliphatic carbocycles. The third-order valence-electron chi connectivity index (χ3n) is 2.05.